The molecule has 0 fully saturated rings. The van der Waals surface area contributed by atoms with E-state index in [1.165, 1.54) is 6.21 Å². The van der Waals surface area contributed by atoms with E-state index >= 15 is 0 Å². The van der Waals surface area contributed by atoms with E-state index in [2.05, 4.69) is 21.7 Å². The first kappa shape index (κ1) is 16.4. The van der Waals surface area contributed by atoms with Gasteiger partial charge < -0.3 is 10.8 Å². The summed E-state index contributed by atoms with van der Waals surface area (Å²) in [7, 11) is 0. The maximum Gasteiger partial charge on any atom is 0.258 e. The summed E-state index contributed by atoms with van der Waals surface area (Å²) in [4.78, 5) is 19.5. The predicted octanol–water partition coefficient (Wildman–Crippen LogP) is 3.63. The van der Waals surface area contributed by atoms with E-state index in [9.17, 15) is 4.79 Å². The largest absolute Gasteiger partial charge is 0.323 e. The summed E-state index contributed by atoms with van der Waals surface area (Å²) in [6.07, 6.45) is 1.50. The molecule has 0 radical (unpaired) electrons. The number of para-hydroxylation sites is 1. The number of fused-ring (bicyclic) bond motifs is 1. The van der Waals surface area contributed by atoms with Crippen LogP contribution in [0.1, 0.15) is 18.1 Å². The van der Waals surface area contributed by atoms with Crippen LogP contribution in [-0.4, -0.2) is 16.9 Å². The average Bonchev–Trinajstić information content (AvgIpc) is 2.62. The maximum absolute atomic E-state index is 12.3. The van der Waals surface area contributed by atoms with Gasteiger partial charge in [0.25, 0.3) is 5.56 Å². The molecule has 1 aromatic heterocycles. The van der Waals surface area contributed by atoms with Crippen molar-refractivity contribution in [3.05, 3.63) is 82.7 Å². The zero-order valence-corrected chi connectivity index (χ0v) is 13.9. The van der Waals surface area contributed by atoms with Gasteiger partial charge in [0.15, 0.2) is 0 Å². The smallest absolute Gasteiger partial charge is 0.258 e. The van der Waals surface area contributed by atoms with Gasteiger partial charge in [-0.1, -0.05) is 42.5 Å². The molecular formula is C20H18N4O. The third kappa shape index (κ3) is 3.55. The van der Waals surface area contributed by atoms with Crippen LogP contribution in [0.15, 0.2) is 76.1 Å². The second kappa shape index (κ2) is 6.97. The number of rotatable bonds is 4. The lowest BCUT2D eigenvalue weighted by Crippen LogP contribution is -2.20. The zero-order chi connectivity index (χ0) is 17.8. The van der Waals surface area contributed by atoms with E-state index in [-0.39, 0.29) is 5.56 Å². The fourth-order valence-corrected chi connectivity index (χ4v) is 2.48. The molecule has 0 aliphatic rings. The van der Waals surface area contributed by atoms with Crippen LogP contribution in [0, 0.1) is 0 Å². The van der Waals surface area contributed by atoms with E-state index < -0.39 is 0 Å². The van der Waals surface area contributed by atoms with E-state index in [0.29, 0.717) is 11.3 Å². The van der Waals surface area contributed by atoms with Crippen molar-refractivity contribution in [2.24, 2.45) is 15.9 Å². The lowest BCUT2D eigenvalue weighted by atomic mass is 10.1. The Morgan fingerprint density at radius 3 is 2.56 bits per heavy atom. The Hall–Kier alpha value is -3.47. The van der Waals surface area contributed by atoms with Gasteiger partial charge in [-0.15, -0.1) is 0 Å². The van der Waals surface area contributed by atoms with Gasteiger partial charge >= 0.3 is 0 Å². The van der Waals surface area contributed by atoms with Crippen molar-refractivity contribution in [2.75, 3.05) is 0 Å². The number of benzene rings is 2. The molecular weight excluding hydrogens is 312 g/mol. The highest BCUT2D eigenvalue weighted by Gasteiger charge is 2.08. The summed E-state index contributed by atoms with van der Waals surface area (Å²) in [5.74, 6) is 5.48. The molecule has 0 amide bonds. The molecule has 1 heterocycles. The number of hydrazone groups is 1. The monoisotopic (exact) mass is 330 g/mol. The molecule has 0 bridgehead atoms. The van der Waals surface area contributed by atoms with Crippen molar-refractivity contribution in [1.29, 1.82) is 0 Å². The van der Waals surface area contributed by atoms with Crippen LogP contribution >= 0.6 is 0 Å². The third-order valence-corrected chi connectivity index (χ3v) is 3.86. The number of pyridine rings is 1. The van der Waals surface area contributed by atoms with Gasteiger partial charge in [0.2, 0.25) is 0 Å². The highest BCUT2D eigenvalue weighted by Crippen LogP contribution is 2.17. The standard InChI is InChI=1S/C20H18N4O/c1-13(2)14-7-9-16(10-8-14)22-12-19(24-21)17-11-15-5-3-4-6-18(15)23-20(17)25/h3-12H,1,21H2,2H3,(H,23,25). The summed E-state index contributed by atoms with van der Waals surface area (Å²) in [5.41, 5.74) is 3.98. The average molecular weight is 330 g/mol. The highest BCUT2D eigenvalue weighted by atomic mass is 16.1. The molecule has 0 atom stereocenters. The Morgan fingerprint density at radius 1 is 1.16 bits per heavy atom. The van der Waals surface area contributed by atoms with Crippen molar-refractivity contribution in [1.82, 2.24) is 4.98 Å². The van der Waals surface area contributed by atoms with E-state index in [1.54, 1.807) is 6.07 Å². The van der Waals surface area contributed by atoms with Crippen LogP contribution in [0.25, 0.3) is 16.5 Å². The summed E-state index contributed by atoms with van der Waals surface area (Å²) < 4.78 is 0. The predicted molar refractivity (Wildman–Crippen MR) is 105 cm³/mol. The van der Waals surface area contributed by atoms with E-state index in [1.807, 2.05) is 55.5 Å². The number of hydrogen-bond acceptors (Lipinski definition) is 4. The van der Waals surface area contributed by atoms with Crippen molar-refractivity contribution >= 4 is 34.1 Å². The van der Waals surface area contributed by atoms with Gasteiger partial charge in [-0.25, -0.2) is 0 Å². The molecule has 0 unspecified atom stereocenters. The molecule has 0 spiro atoms. The van der Waals surface area contributed by atoms with Gasteiger partial charge in [-0.05, 0) is 42.1 Å². The second-order valence-corrected chi connectivity index (χ2v) is 5.70. The molecule has 3 N–H and O–H groups in total. The lowest BCUT2D eigenvalue weighted by Gasteiger charge is -2.03. The van der Waals surface area contributed by atoms with Crippen LogP contribution in [0.5, 0.6) is 0 Å². The quantitative estimate of drug-likeness (QED) is 0.435. The van der Waals surface area contributed by atoms with Crippen molar-refractivity contribution in [3.63, 3.8) is 0 Å². The van der Waals surface area contributed by atoms with Crippen LogP contribution in [0.3, 0.4) is 0 Å². The van der Waals surface area contributed by atoms with Gasteiger partial charge in [0, 0.05) is 5.52 Å². The van der Waals surface area contributed by atoms with Crippen molar-refractivity contribution < 1.29 is 0 Å². The number of hydrogen-bond donors (Lipinski definition) is 2. The first-order valence-electron chi connectivity index (χ1n) is 7.79. The Balaban J connectivity index is 1.94. The number of aromatic nitrogens is 1. The van der Waals surface area contributed by atoms with Crippen LogP contribution in [-0.2, 0) is 0 Å². The lowest BCUT2D eigenvalue weighted by molar-refractivity contribution is 1.23. The zero-order valence-electron chi connectivity index (χ0n) is 13.9. The number of nitrogens with one attached hydrogen (secondary N) is 1. The van der Waals surface area contributed by atoms with Gasteiger partial charge in [0.1, 0.15) is 5.71 Å². The molecule has 0 saturated carbocycles. The SMILES string of the molecule is C=C(C)c1ccc(N=CC(=NN)c2cc3ccccc3[nH]c2=O)cc1. The highest BCUT2D eigenvalue weighted by molar-refractivity contribution is 6.38. The maximum atomic E-state index is 12.3. The topological polar surface area (TPSA) is 83.6 Å². The molecule has 25 heavy (non-hydrogen) atoms. The Bertz CT molecular complexity index is 1040. The van der Waals surface area contributed by atoms with Gasteiger partial charge in [-0.2, -0.15) is 5.10 Å². The minimum atomic E-state index is -0.257. The first-order chi connectivity index (χ1) is 12.1. The number of nitrogens with zero attached hydrogens (tertiary/aromatic N) is 2. The normalized spacial score (nSPS) is 12.0. The number of allylic oxidation sites excluding steroid dienone is 1. The fourth-order valence-electron chi connectivity index (χ4n) is 2.48. The molecule has 0 saturated heterocycles. The molecule has 3 aromatic rings. The summed E-state index contributed by atoms with van der Waals surface area (Å²) >= 11 is 0. The van der Waals surface area contributed by atoms with E-state index in [4.69, 9.17) is 5.84 Å². The van der Waals surface area contributed by atoms with Crippen molar-refractivity contribution in [2.45, 2.75) is 6.92 Å². The second-order valence-electron chi connectivity index (χ2n) is 5.70. The number of aliphatic imine (C=N–C) groups is 1. The minimum absolute atomic E-state index is 0.257. The van der Waals surface area contributed by atoms with Crippen LogP contribution in [0.4, 0.5) is 5.69 Å². The number of nitrogens with two attached hydrogens (primary N) is 1. The van der Waals surface area contributed by atoms with Crippen LogP contribution < -0.4 is 11.4 Å². The molecule has 124 valence electrons. The van der Waals surface area contributed by atoms with Gasteiger partial charge in [0.05, 0.1) is 17.5 Å². The number of H-pyrrole nitrogens is 1. The fraction of sp³-hybridized carbons (Fsp3) is 0.0500. The van der Waals surface area contributed by atoms with Gasteiger partial charge in [-0.3, -0.25) is 9.79 Å². The summed E-state index contributed by atoms with van der Waals surface area (Å²) in [5, 5.41) is 4.62. The molecule has 5 nitrogen and oxygen atoms in total. The van der Waals surface area contributed by atoms with E-state index in [0.717, 1.165) is 27.7 Å². The third-order valence-electron chi connectivity index (χ3n) is 3.86. The van der Waals surface area contributed by atoms with Crippen molar-refractivity contribution in [3.8, 4) is 0 Å². The molecule has 0 aliphatic carbocycles. The molecule has 2 aromatic carbocycles. The Labute approximate surface area is 145 Å². The molecule has 5 heteroatoms. The number of aromatic amines is 1. The summed E-state index contributed by atoms with van der Waals surface area (Å²) in [6, 6.07) is 16.9. The summed E-state index contributed by atoms with van der Waals surface area (Å²) in [6.45, 7) is 5.85. The van der Waals surface area contributed by atoms with Crippen LogP contribution in [0.2, 0.25) is 0 Å². The molecule has 0 aliphatic heterocycles. The Kier molecular flexibility index (Phi) is 4.57. The first-order valence-corrected chi connectivity index (χ1v) is 7.79. The Morgan fingerprint density at radius 2 is 1.88 bits per heavy atom. The molecule has 3 rings (SSSR count). The minimum Gasteiger partial charge on any atom is -0.323 e.